The van der Waals surface area contributed by atoms with E-state index < -0.39 is 0 Å². The van der Waals surface area contributed by atoms with Gasteiger partial charge < -0.3 is 10.6 Å². The molecule has 18 heavy (non-hydrogen) atoms. The van der Waals surface area contributed by atoms with Gasteiger partial charge in [-0.25, -0.2) is 0 Å². The summed E-state index contributed by atoms with van der Waals surface area (Å²) in [5.74, 6) is 0. The molecule has 0 aliphatic carbocycles. The van der Waals surface area contributed by atoms with Crippen molar-refractivity contribution in [1.29, 1.82) is 0 Å². The highest BCUT2D eigenvalue weighted by atomic mass is 32.1. The molecule has 3 heteroatoms. The fourth-order valence-electron chi connectivity index (χ4n) is 1.67. The van der Waals surface area contributed by atoms with Gasteiger partial charge in [-0.05, 0) is 50.2 Å². The Morgan fingerprint density at radius 2 is 1.22 bits per heavy atom. The summed E-state index contributed by atoms with van der Waals surface area (Å²) in [6.45, 7) is 4.27. The van der Waals surface area contributed by atoms with Crippen molar-refractivity contribution in [3.63, 3.8) is 0 Å². The molecule has 2 aromatic rings. The lowest BCUT2D eigenvalue weighted by atomic mass is 10.2. The lowest BCUT2D eigenvalue weighted by Crippen LogP contribution is -2.09. The summed E-state index contributed by atoms with van der Waals surface area (Å²) in [5, 5.41) is 6.72. The summed E-state index contributed by atoms with van der Waals surface area (Å²) in [6, 6.07) is 19.0. The van der Waals surface area contributed by atoms with Crippen molar-refractivity contribution in [3.05, 3.63) is 54.6 Å². The Morgan fingerprint density at radius 3 is 1.78 bits per heavy atom. The first kappa shape index (κ1) is 14.5. The summed E-state index contributed by atoms with van der Waals surface area (Å²) < 4.78 is 0. The van der Waals surface area contributed by atoms with Crippen LogP contribution in [-0.2, 0) is 0 Å². The molecule has 0 unspecified atom stereocenters. The Hall–Kier alpha value is -1.61. The largest absolute Gasteiger partial charge is 0.383 e. The van der Waals surface area contributed by atoms with Gasteiger partial charge in [0, 0.05) is 36.6 Å². The van der Waals surface area contributed by atoms with E-state index in [0.29, 0.717) is 6.04 Å². The molecule has 2 aromatic carbocycles. The lowest BCUT2D eigenvalue weighted by molar-refractivity contribution is 0.900. The minimum Gasteiger partial charge on any atom is -0.383 e. The number of benzene rings is 2. The van der Waals surface area contributed by atoms with E-state index in [1.165, 1.54) is 0 Å². The zero-order valence-electron chi connectivity index (χ0n) is 10.7. The van der Waals surface area contributed by atoms with Gasteiger partial charge in [0.25, 0.3) is 0 Å². The van der Waals surface area contributed by atoms with E-state index in [1.807, 2.05) is 18.2 Å². The van der Waals surface area contributed by atoms with E-state index in [1.54, 1.807) is 0 Å². The predicted molar refractivity (Wildman–Crippen MR) is 82.5 cm³/mol. The molecular weight excluding hydrogens is 240 g/mol. The lowest BCUT2D eigenvalue weighted by Gasteiger charge is -2.11. The molecule has 0 aliphatic rings. The zero-order chi connectivity index (χ0) is 12.1. The van der Waals surface area contributed by atoms with Gasteiger partial charge in [0.2, 0.25) is 0 Å². The smallest absolute Gasteiger partial charge is 0.0385 e. The van der Waals surface area contributed by atoms with Crippen molar-refractivity contribution in [1.82, 2.24) is 0 Å². The van der Waals surface area contributed by atoms with Gasteiger partial charge in [0.1, 0.15) is 0 Å². The van der Waals surface area contributed by atoms with E-state index in [9.17, 15) is 0 Å². The molecule has 0 fully saturated rings. The van der Waals surface area contributed by atoms with Crippen molar-refractivity contribution in [2.45, 2.75) is 19.9 Å². The molecule has 2 N–H and O–H groups in total. The van der Waals surface area contributed by atoms with E-state index in [0.717, 1.165) is 17.1 Å². The van der Waals surface area contributed by atoms with Crippen molar-refractivity contribution in [2.75, 3.05) is 10.6 Å². The molecule has 0 bridgehead atoms. The van der Waals surface area contributed by atoms with E-state index in [4.69, 9.17) is 0 Å². The minimum atomic E-state index is 0. The molecule has 0 heterocycles. The summed E-state index contributed by atoms with van der Waals surface area (Å²) in [5.41, 5.74) is 3.36. The predicted octanol–water partition coefficient (Wildman–Crippen LogP) is 4.90. The normalized spacial score (nSPS) is 9.72. The molecule has 0 atom stereocenters. The molecule has 0 saturated carbocycles. The summed E-state index contributed by atoms with van der Waals surface area (Å²) in [7, 11) is 0. The van der Waals surface area contributed by atoms with Crippen LogP contribution in [-0.4, -0.2) is 6.04 Å². The summed E-state index contributed by atoms with van der Waals surface area (Å²) in [4.78, 5) is 0. The number of hydrogen-bond acceptors (Lipinski definition) is 2. The summed E-state index contributed by atoms with van der Waals surface area (Å²) >= 11 is 0. The number of rotatable bonds is 4. The maximum Gasteiger partial charge on any atom is 0.0385 e. The van der Waals surface area contributed by atoms with Gasteiger partial charge in [-0.3, -0.25) is 0 Å². The van der Waals surface area contributed by atoms with Crippen LogP contribution in [0.4, 0.5) is 17.1 Å². The highest BCUT2D eigenvalue weighted by Crippen LogP contribution is 2.18. The second kappa shape index (κ2) is 6.97. The van der Waals surface area contributed by atoms with E-state index >= 15 is 0 Å². The highest BCUT2D eigenvalue weighted by molar-refractivity contribution is 7.59. The van der Waals surface area contributed by atoms with Gasteiger partial charge in [0.15, 0.2) is 0 Å². The number of para-hydroxylation sites is 1. The second-order valence-electron chi connectivity index (χ2n) is 4.37. The van der Waals surface area contributed by atoms with E-state index in [-0.39, 0.29) is 13.5 Å². The quantitative estimate of drug-likeness (QED) is 0.815. The van der Waals surface area contributed by atoms with Crippen LogP contribution in [0.25, 0.3) is 0 Å². The van der Waals surface area contributed by atoms with Crippen LogP contribution in [0.2, 0.25) is 0 Å². The third-order valence-electron chi connectivity index (χ3n) is 2.40. The minimum absolute atomic E-state index is 0. The second-order valence-corrected chi connectivity index (χ2v) is 4.37. The average Bonchev–Trinajstić information content (AvgIpc) is 2.32. The third-order valence-corrected chi connectivity index (χ3v) is 2.40. The monoisotopic (exact) mass is 258 g/mol. The standard InChI is InChI=1S/C15H18N2.S/c1-12(2)16-14-8-10-15(11-9-14)17-13-6-4-3-5-7-13;/h3-12,16-17H,1-2H3;. The molecule has 0 amide bonds. The summed E-state index contributed by atoms with van der Waals surface area (Å²) in [6.07, 6.45) is 0. The molecule has 0 saturated heterocycles. The fraction of sp³-hybridized carbons (Fsp3) is 0.200. The van der Waals surface area contributed by atoms with Crippen LogP contribution in [0, 0.1) is 0 Å². The van der Waals surface area contributed by atoms with E-state index in [2.05, 4.69) is 60.9 Å². The van der Waals surface area contributed by atoms with Gasteiger partial charge in [-0.1, -0.05) is 18.2 Å². The number of anilines is 3. The average molecular weight is 258 g/mol. The Labute approximate surface area is 116 Å². The number of hydrogen-bond donors (Lipinski definition) is 2. The Kier molecular flexibility index (Phi) is 5.59. The first-order chi connectivity index (χ1) is 8.24. The van der Waals surface area contributed by atoms with Crippen LogP contribution >= 0.6 is 13.5 Å². The fourth-order valence-corrected chi connectivity index (χ4v) is 1.67. The molecule has 94 valence electrons. The molecule has 2 radical (unpaired) electrons. The first-order valence-electron chi connectivity index (χ1n) is 5.93. The topological polar surface area (TPSA) is 24.1 Å². The Balaban J connectivity index is 0.00000162. The van der Waals surface area contributed by atoms with Crippen molar-refractivity contribution < 1.29 is 0 Å². The molecule has 0 spiro atoms. The maximum atomic E-state index is 3.37. The molecule has 2 rings (SSSR count). The van der Waals surface area contributed by atoms with Crippen LogP contribution in [0.1, 0.15) is 13.8 Å². The van der Waals surface area contributed by atoms with Crippen molar-refractivity contribution in [2.24, 2.45) is 0 Å². The molecule has 2 nitrogen and oxygen atoms in total. The van der Waals surface area contributed by atoms with Crippen LogP contribution in [0.3, 0.4) is 0 Å². The van der Waals surface area contributed by atoms with Crippen molar-refractivity contribution >= 4 is 30.6 Å². The van der Waals surface area contributed by atoms with Crippen LogP contribution < -0.4 is 10.6 Å². The highest BCUT2D eigenvalue weighted by Gasteiger charge is 1.96. The van der Waals surface area contributed by atoms with Crippen LogP contribution in [0.5, 0.6) is 0 Å². The maximum absolute atomic E-state index is 3.37. The number of nitrogens with one attached hydrogen (secondary N) is 2. The van der Waals surface area contributed by atoms with Gasteiger partial charge in [-0.15, -0.1) is 0 Å². The Morgan fingerprint density at radius 1 is 0.722 bits per heavy atom. The zero-order valence-corrected chi connectivity index (χ0v) is 11.5. The van der Waals surface area contributed by atoms with Gasteiger partial charge >= 0.3 is 0 Å². The van der Waals surface area contributed by atoms with Gasteiger partial charge in [0.05, 0.1) is 0 Å². The van der Waals surface area contributed by atoms with Gasteiger partial charge in [-0.2, -0.15) is 0 Å². The molecule has 0 aromatic heterocycles. The Bertz CT molecular complexity index is 452. The third kappa shape index (κ3) is 4.34. The molecular formula is C15H18N2S. The first-order valence-corrected chi connectivity index (χ1v) is 5.93. The molecule has 0 aliphatic heterocycles. The van der Waals surface area contributed by atoms with Crippen LogP contribution in [0.15, 0.2) is 54.6 Å². The van der Waals surface area contributed by atoms with Crippen molar-refractivity contribution in [3.8, 4) is 0 Å². The SMILES string of the molecule is CC(C)Nc1ccc(Nc2ccccc2)cc1.[S].